The Morgan fingerprint density at radius 2 is 2.05 bits per heavy atom. The number of amides is 1. The molecule has 100 valence electrons. The van der Waals surface area contributed by atoms with Gasteiger partial charge in [0.25, 0.3) is 5.91 Å². The predicted octanol–water partition coefficient (Wildman–Crippen LogP) is 4.04. The predicted molar refractivity (Wildman–Crippen MR) is 101 cm³/mol. The number of carbonyl (C=O) groups is 1. The van der Waals surface area contributed by atoms with Crippen LogP contribution in [0.5, 0.6) is 0 Å². The van der Waals surface area contributed by atoms with Gasteiger partial charge in [-0.25, -0.2) is 0 Å². The summed E-state index contributed by atoms with van der Waals surface area (Å²) in [7, 11) is 0. The van der Waals surface area contributed by atoms with Crippen LogP contribution >= 0.6 is 67.8 Å². The fraction of sp³-hybridized carbons (Fsp3) is 0.167. The summed E-state index contributed by atoms with van der Waals surface area (Å²) in [6.45, 7) is 2.03. The molecule has 0 saturated carbocycles. The molecule has 0 radical (unpaired) electrons. The van der Waals surface area contributed by atoms with Crippen LogP contribution in [-0.2, 0) is 6.42 Å². The molecule has 2 rings (SSSR count). The summed E-state index contributed by atoms with van der Waals surface area (Å²) in [5.41, 5.74) is 1.68. The molecule has 0 aliphatic heterocycles. The number of nitrogens with one attached hydrogen (secondary N) is 2. The molecule has 0 aliphatic carbocycles. The van der Waals surface area contributed by atoms with E-state index < -0.39 is 0 Å². The molecular formula is C12H10I3N3O. The number of halogens is 3. The molecule has 7 heteroatoms. The van der Waals surface area contributed by atoms with Gasteiger partial charge in [-0.2, -0.15) is 5.10 Å². The van der Waals surface area contributed by atoms with Crippen LogP contribution in [0.2, 0.25) is 0 Å². The minimum atomic E-state index is -0.130. The van der Waals surface area contributed by atoms with E-state index >= 15 is 0 Å². The number of rotatable bonds is 3. The van der Waals surface area contributed by atoms with Crippen LogP contribution in [0, 0.1) is 10.7 Å². The molecule has 1 heterocycles. The maximum absolute atomic E-state index is 12.3. The van der Waals surface area contributed by atoms with Crippen molar-refractivity contribution in [3.05, 3.63) is 40.2 Å². The minimum absolute atomic E-state index is 0.130. The first-order valence-corrected chi connectivity index (χ1v) is 8.75. The van der Waals surface area contributed by atoms with Gasteiger partial charge >= 0.3 is 0 Å². The van der Waals surface area contributed by atoms with Gasteiger partial charge in [0.2, 0.25) is 0 Å². The quantitative estimate of drug-likeness (QED) is 0.418. The summed E-state index contributed by atoms with van der Waals surface area (Å²) in [6.07, 6.45) is 0.863. The van der Waals surface area contributed by atoms with Gasteiger partial charge < -0.3 is 5.32 Å². The van der Waals surface area contributed by atoms with Gasteiger partial charge in [0.05, 0.1) is 5.56 Å². The number of carbonyl (C=O) groups excluding carboxylic acids is 1. The zero-order valence-electron chi connectivity index (χ0n) is 9.93. The van der Waals surface area contributed by atoms with Gasteiger partial charge in [-0.1, -0.05) is 6.92 Å². The average molecular weight is 593 g/mol. The molecule has 0 atom stereocenters. The van der Waals surface area contributed by atoms with Gasteiger partial charge in [0, 0.05) is 22.5 Å². The fourth-order valence-corrected chi connectivity index (χ4v) is 3.91. The molecule has 0 aliphatic rings. The van der Waals surface area contributed by atoms with Gasteiger partial charge in [0.1, 0.15) is 0 Å². The average Bonchev–Trinajstić information content (AvgIpc) is 2.81. The zero-order valence-corrected chi connectivity index (χ0v) is 16.4. The Bertz CT molecular complexity index is 625. The van der Waals surface area contributed by atoms with Crippen molar-refractivity contribution in [1.82, 2.24) is 10.2 Å². The van der Waals surface area contributed by atoms with Gasteiger partial charge in [-0.05, 0) is 86.3 Å². The Kier molecular flexibility index (Phi) is 5.45. The lowest BCUT2D eigenvalue weighted by Crippen LogP contribution is -2.14. The maximum Gasteiger partial charge on any atom is 0.258 e. The second-order valence-corrected chi connectivity index (χ2v) is 7.32. The van der Waals surface area contributed by atoms with E-state index in [4.69, 9.17) is 0 Å². The third kappa shape index (κ3) is 3.80. The largest absolute Gasteiger partial charge is 0.305 e. The van der Waals surface area contributed by atoms with Crippen LogP contribution in [0.4, 0.5) is 5.82 Å². The van der Waals surface area contributed by atoms with E-state index in [1.54, 1.807) is 0 Å². The summed E-state index contributed by atoms with van der Waals surface area (Å²) in [4.78, 5) is 12.3. The molecule has 0 unspecified atom stereocenters. The maximum atomic E-state index is 12.3. The van der Waals surface area contributed by atoms with Crippen LogP contribution in [-0.4, -0.2) is 16.1 Å². The smallest absolute Gasteiger partial charge is 0.258 e. The fourth-order valence-electron chi connectivity index (χ4n) is 1.51. The SMILES string of the molecule is CCc1cc(NC(=O)c2cc(I)cc(I)c2I)n[nH]1. The summed E-state index contributed by atoms with van der Waals surface area (Å²) in [5, 5.41) is 9.76. The van der Waals surface area contributed by atoms with Crippen molar-refractivity contribution in [2.75, 3.05) is 5.32 Å². The molecule has 2 N–H and O–H groups in total. The molecule has 4 nitrogen and oxygen atoms in total. The van der Waals surface area contributed by atoms with E-state index in [1.807, 2.05) is 25.1 Å². The topological polar surface area (TPSA) is 57.8 Å². The van der Waals surface area contributed by atoms with Crippen molar-refractivity contribution in [3.63, 3.8) is 0 Å². The number of nitrogens with zero attached hydrogens (tertiary/aromatic N) is 1. The van der Waals surface area contributed by atoms with E-state index in [0.717, 1.165) is 22.8 Å². The van der Waals surface area contributed by atoms with E-state index in [1.165, 1.54) is 0 Å². The van der Waals surface area contributed by atoms with Crippen molar-refractivity contribution in [2.45, 2.75) is 13.3 Å². The number of aromatic nitrogens is 2. The first-order chi connectivity index (χ1) is 9.01. The Hall–Kier alpha value is 0.0900. The van der Waals surface area contributed by atoms with Crippen molar-refractivity contribution in [3.8, 4) is 0 Å². The second-order valence-electron chi connectivity index (χ2n) is 3.84. The van der Waals surface area contributed by atoms with Crippen molar-refractivity contribution in [2.24, 2.45) is 0 Å². The van der Waals surface area contributed by atoms with E-state index in [-0.39, 0.29) is 5.91 Å². The molecule has 0 spiro atoms. The van der Waals surface area contributed by atoms with Crippen LogP contribution in [0.15, 0.2) is 18.2 Å². The standard InChI is InChI=1S/C12H10I3N3O/c1-2-7-5-10(18-17-7)16-12(19)8-3-6(13)4-9(14)11(8)15/h3-5H,2H2,1H3,(H2,16,17,18,19). The number of benzene rings is 1. The monoisotopic (exact) mass is 593 g/mol. The molecular weight excluding hydrogens is 583 g/mol. The highest BCUT2D eigenvalue weighted by Crippen LogP contribution is 2.23. The van der Waals surface area contributed by atoms with Crippen molar-refractivity contribution >= 4 is 79.5 Å². The second kappa shape index (κ2) is 6.70. The van der Waals surface area contributed by atoms with Gasteiger partial charge in [-0.15, -0.1) is 0 Å². The highest BCUT2D eigenvalue weighted by molar-refractivity contribution is 14.1. The molecule has 0 fully saturated rings. The van der Waals surface area contributed by atoms with Gasteiger partial charge in [-0.3, -0.25) is 9.89 Å². The van der Waals surface area contributed by atoms with Crippen LogP contribution in [0.3, 0.4) is 0 Å². The number of aryl methyl sites for hydroxylation is 1. The third-order valence-electron chi connectivity index (χ3n) is 2.49. The van der Waals surface area contributed by atoms with Crippen LogP contribution in [0.1, 0.15) is 23.0 Å². The number of hydrogen-bond donors (Lipinski definition) is 2. The van der Waals surface area contributed by atoms with E-state index in [9.17, 15) is 4.79 Å². The lowest BCUT2D eigenvalue weighted by molar-refractivity contribution is 0.102. The number of H-pyrrole nitrogens is 1. The molecule has 0 saturated heterocycles. The Balaban J connectivity index is 2.25. The van der Waals surface area contributed by atoms with Crippen molar-refractivity contribution in [1.29, 1.82) is 0 Å². The summed E-state index contributed by atoms with van der Waals surface area (Å²) in [6, 6.07) is 5.78. The highest BCUT2D eigenvalue weighted by Gasteiger charge is 2.14. The number of anilines is 1. The normalized spacial score (nSPS) is 10.5. The molecule has 1 aromatic carbocycles. The summed E-state index contributed by atoms with van der Waals surface area (Å²) in [5.74, 6) is 0.432. The summed E-state index contributed by atoms with van der Waals surface area (Å²) < 4.78 is 3.08. The Morgan fingerprint density at radius 3 is 2.68 bits per heavy atom. The first kappa shape index (κ1) is 15.5. The number of hydrogen-bond acceptors (Lipinski definition) is 2. The molecule has 0 bridgehead atoms. The Morgan fingerprint density at radius 1 is 1.32 bits per heavy atom. The molecule has 1 amide bonds. The highest BCUT2D eigenvalue weighted by atomic mass is 127. The third-order valence-corrected chi connectivity index (χ3v) is 6.16. The van der Waals surface area contributed by atoms with E-state index in [2.05, 4.69) is 83.3 Å². The summed E-state index contributed by atoms with van der Waals surface area (Å²) >= 11 is 6.64. The zero-order chi connectivity index (χ0) is 14.0. The van der Waals surface area contributed by atoms with Crippen LogP contribution < -0.4 is 5.32 Å². The molecule has 2 aromatic rings. The van der Waals surface area contributed by atoms with Crippen LogP contribution in [0.25, 0.3) is 0 Å². The van der Waals surface area contributed by atoms with E-state index in [0.29, 0.717) is 11.4 Å². The molecule has 19 heavy (non-hydrogen) atoms. The number of aromatic amines is 1. The van der Waals surface area contributed by atoms with Gasteiger partial charge in [0.15, 0.2) is 5.82 Å². The first-order valence-electron chi connectivity index (χ1n) is 5.51. The minimum Gasteiger partial charge on any atom is -0.305 e. The van der Waals surface area contributed by atoms with Crippen molar-refractivity contribution < 1.29 is 4.79 Å². The lowest BCUT2D eigenvalue weighted by atomic mass is 10.2. The Labute approximate surface area is 151 Å². The lowest BCUT2D eigenvalue weighted by Gasteiger charge is -2.07. The molecule has 1 aromatic heterocycles.